The van der Waals surface area contributed by atoms with Gasteiger partial charge >= 0.3 is 0 Å². The van der Waals surface area contributed by atoms with Gasteiger partial charge in [-0.15, -0.1) is 0 Å². The van der Waals surface area contributed by atoms with Crippen molar-refractivity contribution in [1.29, 1.82) is 0 Å². The Bertz CT molecular complexity index is 534. The van der Waals surface area contributed by atoms with Crippen LogP contribution in [0.1, 0.15) is 32.6 Å². The highest BCUT2D eigenvalue weighted by Crippen LogP contribution is 2.28. The van der Waals surface area contributed by atoms with Crippen molar-refractivity contribution < 1.29 is 13.2 Å². The van der Waals surface area contributed by atoms with Gasteiger partial charge in [-0.05, 0) is 31.4 Å². The lowest BCUT2D eigenvalue weighted by molar-refractivity contribution is -0.128. The molecule has 19 heavy (non-hydrogen) atoms. The van der Waals surface area contributed by atoms with Gasteiger partial charge in [0.1, 0.15) is 5.78 Å². The normalized spacial score (nSPS) is 24.4. The summed E-state index contributed by atoms with van der Waals surface area (Å²) < 4.78 is 24.3. The van der Waals surface area contributed by atoms with Gasteiger partial charge in [-0.2, -0.15) is 0 Å². The number of rotatable bonds is 4. The Labute approximate surface area is 114 Å². The minimum atomic E-state index is -3.25. The fourth-order valence-electron chi connectivity index (χ4n) is 2.69. The summed E-state index contributed by atoms with van der Waals surface area (Å²) in [6, 6.07) is 8.47. The molecule has 0 unspecified atom stereocenters. The predicted molar refractivity (Wildman–Crippen MR) is 74.6 cm³/mol. The van der Waals surface area contributed by atoms with E-state index in [4.69, 9.17) is 0 Å². The van der Waals surface area contributed by atoms with Gasteiger partial charge in [0.05, 0.1) is 10.6 Å². The van der Waals surface area contributed by atoms with Gasteiger partial charge in [0.15, 0.2) is 9.84 Å². The molecule has 104 valence electrons. The number of hydrogen-bond acceptors (Lipinski definition) is 3. The molecule has 1 aromatic carbocycles. The van der Waals surface area contributed by atoms with E-state index in [1.807, 2.05) is 6.92 Å². The van der Waals surface area contributed by atoms with E-state index >= 15 is 0 Å². The SMILES string of the molecule is C[C@H]1CCC[C@H](CCS(=O)(=O)c2ccccc2)C1=O. The first-order valence-corrected chi connectivity index (χ1v) is 8.47. The second-order valence-corrected chi connectivity index (χ2v) is 7.46. The van der Waals surface area contributed by atoms with Crippen molar-refractivity contribution in [1.82, 2.24) is 0 Å². The highest BCUT2D eigenvalue weighted by molar-refractivity contribution is 7.91. The van der Waals surface area contributed by atoms with Crippen molar-refractivity contribution >= 4 is 15.6 Å². The molecule has 3 nitrogen and oxygen atoms in total. The highest BCUT2D eigenvalue weighted by Gasteiger charge is 2.29. The molecule has 1 aliphatic carbocycles. The van der Waals surface area contributed by atoms with E-state index in [0.717, 1.165) is 19.3 Å². The van der Waals surface area contributed by atoms with Gasteiger partial charge in [-0.3, -0.25) is 4.79 Å². The van der Waals surface area contributed by atoms with Crippen LogP contribution in [0.3, 0.4) is 0 Å². The van der Waals surface area contributed by atoms with Gasteiger partial charge in [0.2, 0.25) is 0 Å². The molecule has 1 aliphatic rings. The van der Waals surface area contributed by atoms with Crippen molar-refractivity contribution in [2.75, 3.05) is 5.75 Å². The monoisotopic (exact) mass is 280 g/mol. The second kappa shape index (κ2) is 5.87. The lowest BCUT2D eigenvalue weighted by Gasteiger charge is -2.25. The average Bonchev–Trinajstić information content (AvgIpc) is 2.41. The first-order chi connectivity index (χ1) is 9.00. The Morgan fingerprint density at radius 2 is 1.84 bits per heavy atom. The van der Waals surface area contributed by atoms with Crippen molar-refractivity contribution in [3.63, 3.8) is 0 Å². The number of hydrogen-bond donors (Lipinski definition) is 0. The summed E-state index contributed by atoms with van der Waals surface area (Å²) in [5, 5.41) is 0. The number of ketones is 1. The molecule has 4 heteroatoms. The summed E-state index contributed by atoms with van der Waals surface area (Å²) in [6.07, 6.45) is 3.28. The summed E-state index contributed by atoms with van der Waals surface area (Å²) in [6.45, 7) is 1.94. The maximum atomic E-state index is 12.2. The minimum absolute atomic E-state index is 0.0674. The maximum Gasteiger partial charge on any atom is 0.178 e. The molecule has 0 N–H and O–H groups in total. The summed E-state index contributed by atoms with van der Waals surface area (Å²) in [5.74, 6) is 0.343. The van der Waals surface area contributed by atoms with Gasteiger partial charge in [0, 0.05) is 11.8 Å². The molecule has 2 atom stereocenters. The van der Waals surface area contributed by atoms with Gasteiger partial charge < -0.3 is 0 Å². The van der Waals surface area contributed by atoms with Crippen LogP contribution in [0.2, 0.25) is 0 Å². The zero-order chi connectivity index (χ0) is 13.9. The summed E-state index contributed by atoms with van der Waals surface area (Å²) in [5.41, 5.74) is 0. The minimum Gasteiger partial charge on any atom is -0.299 e. The molecule has 0 aromatic heterocycles. The summed E-state index contributed by atoms with van der Waals surface area (Å²) >= 11 is 0. The largest absolute Gasteiger partial charge is 0.299 e. The molecular formula is C15H20O3S. The van der Waals surface area contributed by atoms with E-state index < -0.39 is 9.84 Å². The lowest BCUT2D eigenvalue weighted by atomic mass is 9.80. The molecule has 2 rings (SSSR count). The van der Waals surface area contributed by atoms with E-state index in [0.29, 0.717) is 11.3 Å². The molecule has 0 amide bonds. The van der Waals surface area contributed by atoms with Crippen LogP contribution in [0, 0.1) is 11.8 Å². The van der Waals surface area contributed by atoms with Crippen LogP contribution in [0.15, 0.2) is 35.2 Å². The van der Waals surface area contributed by atoms with Crippen LogP contribution in [-0.4, -0.2) is 20.0 Å². The first-order valence-electron chi connectivity index (χ1n) is 6.82. The van der Waals surface area contributed by atoms with Crippen molar-refractivity contribution in [3.05, 3.63) is 30.3 Å². The predicted octanol–water partition coefficient (Wildman–Crippen LogP) is 2.86. The Balaban J connectivity index is 2.00. The zero-order valence-electron chi connectivity index (χ0n) is 11.2. The molecule has 0 saturated heterocycles. The van der Waals surface area contributed by atoms with E-state index in [2.05, 4.69) is 0 Å². The smallest absolute Gasteiger partial charge is 0.178 e. The third-order valence-electron chi connectivity index (χ3n) is 3.92. The van der Waals surface area contributed by atoms with E-state index in [1.165, 1.54) is 0 Å². The van der Waals surface area contributed by atoms with Gasteiger partial charge in [-0.1, -0.05) is 31.5 Å². The summed E-state index contributed by atoms with van der Waals surface area (Å²) in [7, 11) is -3.25. The van der Waals surface area contributed by atoms with E-state index in [-0.39, 0.29) is 23.4 Å². The molecule has 0 aliphatic heterocycles. The van der Waals surface area contributed by atoms with Crippen LogP contribution in [0.4, 0.5) is 0 Å². The molecule has 1 fully saturated rings. The number of sulfone groups is 1. The fraction of sp³-hybridized carbons (Fsp3) is 0.533. The molecule has 0 heterocycles. The Morgan fingerprint density at radius 3 is 2.53 bits per heavy atom. The van der Waals surface area contributed by atoms with Crippen LogP contribution in [-0.2, 0) is 14.6 Å². The first kappa shape index (κ1) is 14.3. The van der Waals surface area contributed by atoms with Gasteiger partial charge in [0.25, 0.3) is 0 Å². The Morgan fingerprint density at radius 1 is 1.16 bits per heavy atom. The molecule has 0 radical (unpaired) electrons. The van der Waals surface area contributed by atoms with Crippen molar-refractivity contribution in [3.8, 4) is 0 Å². The summed E-state index contributed by atoms with van der Waals surface area (Å²) in [4.78, 5) is 12.3. The number of carbonyl (C=O) groups excluding carboxylic acids is 1. The van der Waals surface area contributed by atoms with Crippen molar-refractivity contribution in [2.24, 2.45) is 11.8 Å². The lowest BCUT2D eigenvalue weighted by Crippen LogP contribution is -2.28. The van der Waals surface area contributed by atoms with Crippen LogP contribution in [0.5, 0.6) is 0 Å². The topological polar surface area (TPSA) is 51.2 Å². The molecule has 0 spiro atoms. The van der Waals surface area contributed by atoms with Gasteiger partial charge in [-0.25, -0.2) is 8.42 Å². The van der Waals surface area contributed by atoms with Crippen LogP contribution in [0.25, 0.3) is 0 Å². The average molecular weight is 280 g/mol. The third kappa shape index (κ3) is 3.44. The number of Topliss-reactive ketones (excluding diaryl/α,β-unsaturated/α-hetero) is 1. The number of benzene rings is 1. The molecule has 0 bridgehead atoms. The van der Waals surface area contributed by atoms with Crippen molar-refractivity contribution in [2.45, 2.75) is 37.5 Å². The van der Waals surface area contributed by atoms with Crippen LogP contribution >= 0.6 is 0 Å². The standard InChI is InChI=1S/C15H20O3S/c1-12-6-5-7-13(15(12)16)10-11-19(17,18)14-8-3-2-4-9-14/h2-4,8-9,12-13H,5-7,10-11H2,1H3/t12-,13+/m0/s1. The molecule has 1 saturated carbocycles. The van der Waals surface area contributed by atoms with E-state index in [1.54, 1.807) is 30.3 Å². The van der Waals surface area contributed by atoms with E-state index in [9.17, 15) is 13.2 Å². The Kier molecular flexibility index (Phi) is 4.40. The number of carbonyl (C=O) groups is 1. The van der Waals surface area contributed by atoms with Crippen LogP contribution < -0.4 is 0 Å². The zero-order valence-corrected chi connectivity index (χ0v) is 12.0. The fourth-order valence-corrected chi connectivity index (χ4v) is 4.09. The third-order valence-corrected chi connectivity index (χ3v) is 5.68. The quantitative estimate of drug-likeness (QED) is 0.852. The second-order valence-electron chi connectivity index (χ2n) is 5.35. The highest BCUT2D eigenvalue weighted by atomic mass is 32.2. The Hall–Kier alpha value is -1.16. The molecule has 1 aromatic rings. The maximum absolute atomic E-state index is 12.2. The molecular weight excluding hydrogens is 260 g/mol.